The molecule has 2 aromatic carbocycles. The fourth-order valence-electron chi connectivity index (χ4n) is 4.27. The largest absolute Gasteiger partial charge is 0.478 e. The van der Waals surface area contributed by atoms with Gasteiger partial charge in [-0.3, -0.25) is 19.2 Å². The minimum atomic E-state index is -1.36. The van der Waals surface area contributed by atoms with Gasteiger partial charge in [-0.15, -0.1) is 5.10 Å². The van der Waals surface area contributed by atoms with Crippen molar-refractivity contribution < 1.29 is 33.5 Å². The number of carboxylic acids is 1. The van der Waals surface area contributed by atoms with E-state index in [4.69, 9.17) is 16.7 Å². The highest BCUT2D eigenvalue weighted by atomic mass is 35.5. The van der Waals surface area contributed by atoms with E-state index in [0.29, 0.717) is 13.1 Å². The van der Waals surface area contributed by atoms with Gasteiger partial charge in [-0.25, -0.2) is 9.18 Å². The molecule has 1 fully saturated rings. The van der Waals surface area contributed by atoms with Crippen LogP contribution >= 0.6 is 11.6 Å². The van der Waals surface area contributed by atoms with Crippen molar-refractivity contribution in [2.75, 3.05) is 31.5 Å². The fourth-order valence-corrected chi connectivity index (χ4v) is 4.44. The maximum absolute atomic E-state index is 14.9. The number of halogens is 2. The molecule has 4 amide bonds. The average Bonchev–Trinajstić information content (AvgIpc) is 3.52. The number of nitrogens with zero attached hydrogens (tertiary/aromatic N) is 6. The van der Waals surface area contributed by atoms with E-state index in [0.717, 1.165) is 12.2 Å². The Bertz CT molecular complexity index is 1560. The zero-order valence-corrected chi connectivity index (χ0v) is 23.5. The number of piperazine rings is 1. The average molecular weight is 613 g/mol. The van der Waals surface area contributed by atoms with Crippen LogP contribution in [0, 0.1) is 5.82 Å². The Morgan fingerprint density at radius 1 is 1.05 bits per heavy atom. The summed E-state index contributed by atoms with van der Waals surface area (Å²) in [5.74, 6) is -4.10. The summed E-state index contributed by atoms with van der Waals surface area (Å²) >= 11 is 5.93. The van der Waals surface area contributed by atoms with Crippen molar-refractivity contribution in [1.82, 2.24) is 35.3 Å². The number of hydrogen-bond donors (Lipinski definition) is 3. The van der Waals surface area contributed by atoms with Crippen LogP contribution < -0.4 is 10.6 Å². The summed E-state index contributed by atoms with van der Waals surface area (Å²) in [6.07, 6.45) is 2.92. The van der Waals surface area contributed by atoms with Gasteiger partial charge in [-0.2, -0.15) is 4.68 Å². The highest BCUT2D eigenvalue weighted by Gasteiger charge is 2.29. The number of carboxylic acid groups (broad SMARTS) is 1. The molecule has 43 heavy (non-hydrogen) atoms. The summed E-state index contributed by atoms with van der Waals surface area (Å²) in [4.78, 5) is 65.1. The number of aromatic carboxylic acids is 1. The lowest BCUT2D eigenvalue weighted by Gasteiger charge is -2.34. The lowest BCUT2D eigenvalue weighted by atomic mass is 10.1. The number of carbonyl (C=O) groups is 5. The molecule has 0 spiro atoms. The SMILES string of the molecule is CC(=O)N1CCN(C(=O)C[C@H](NC(=O)/C=C/c2c(-n3cnnn3)ccc(Cl)c2F)C(=O)Nc2ccc(C(=O)O)cc2)CC1. The molecule has 1 saturated heterocycles. The fraction of sp³-hybridized carbons (Fsp3) is 0.259. The molecule has 0 bridgehead atoms. The number of nitrogens with one attached hydrogen (secondary N) is 2. The van der Waals surface area contributed by atoms with Crippen molar-refractivity contribution in [3.8, 4) is 5.69 Å². The third-order valence-corrected chi connectivity index (χ3v) is 6.89. The highest BCUT2D eigenvalue weighted by Crippen LogP contribution is 2.25. The highest BCUT2D eigenvalue weighted by molar-refractivity contribution is 6.31. The number of rotatable bonds is 9. The summed E-state index contributed by atoms with van der Waals surface area (Å²) in [5, 5.41) is 24.7. The van der Waals surface area contributed by atoms with Crippen molar-refractivity contribution in [1.29, 1.82) is 0 Å². The molecule has 1 aliphatic heterocycles. The van der Waals surface area contributed by atoms with Crippen LogP contribution in [0.3, 0.4) is 0 Å². The van der Waals surface area contributed by atoms with Crippen LogP contribution in [-0.4, -0.2) is 96.9 Å². The molecule has 224 valence electrons. The molecule has 0 radical (unpaired) electrons. The van der Waals surface area contributed by atoms with Gasteiger partial charge in [0.1, 0.15) is 12.4 Å². The van der Waals surface area contributed by atoms with Crippen LogP contribution in [-0.2, 0) is 19.2 Å². The van der Waals surface area contributed by atoms with Gasteiger partial charge in [0, 0.05) is 50.4 Å². The molecule has 1 aliphatic rings. The number of tetrazole rings is 1. The number of anilines is 1. The monoisotopic (exact) mass is 612 g/mol. The molecule has 0 unspecified atom stereocenters. The maximum Gasteiger partial charge on any atom is 0.335 e. The second-order valence-corrected chi connectivity index (χ2v) is 9.81. The summed E-state index contributed by atoms with van der Waals surface area (Å²) in [6.45, 7) is 2.61. The number of carbonyl (C=O) groups excluding carboxylic acids is 4. The van der Waals surface area contributed by atoms with Gasteiger partial charge >= 0.3 is 5.97 Å². The quantitative estimate of drug-likeness (QED) is 0.301. The van der Waals surface area contributed by atoms with Gasteiger partial charge in [0.2, 0.25) is 23.6 Å². The van der Waals surface area contributed by atoms with Gasteiger partial charge in [-0.1, -0.05) is 11.6 Å². The Labute approximate surface area is 249 Å². The van der Waals surface area contributed by atoms with Crippen molar-refractivity contribution in [3.05, 3.63) is 70.8 Å². The lowest BCUT2D eigenvalue weighted by Crippen LogP contribution is -2.52. The van der Waals surface area contributed by atoms with E-state index < -0.39 is 42.0 Å². The zero-order valence-electron chi connectivity index (χ0n) is 22.7. The van der Waals surface area contributed by atoms with E-state index in [2.05, 4.69) is 26.2 Å². The Hall–Kier alpha value is -5.18. The molecule has 1 atom stereocenters. The topological polar surface area (TPSA) is 180 Å². The van der Waals surface area contributed by atoms with Crippen LogP contribution in [0.25, 0.3) is 11.8 Å². The Balaban J connectivity index is 1.52. The van der Waals surface area contributed by atoms with E-state index in [1.807, 2.05) is 0 Å². The summed E-state index contributed by atoms with van der Waals surface area (Å²) < 4.78 is 16.1. The van der Waals surface area contributed by atoms with E-state index in [9.17, 15) is 28.4 Å². The first-order valence-corrected chi connectivity index (χ1v) is 13.3. The van der Waals surface area contributed by atoms with Gasteiger partial charge in [0.15, 0.2) is 5.82 Å². The molecule has 16 heteroatoms. The number of amides is 4. The van der Waals surface area contributed by atoms with Gasteiger partial charge in [0.05, 0.1) is 22.7 Å². The molecule has 3 N–H and O–H groups in total. The summed E-state index contributed by atoms with van der Waals surface area (Å²) in [7, 11) is 0. The predicted octanol–water partition coefficient (Wildman–Crippen LogP) is 1.37. The standard InChI is InChI=1S/C27H26ClFN8O6/c1-16(38)35-10-12-36(13-11-35)24(40)14-21(26(41)31-18-4-2-17(3-5-18)27(42)43)32-23(39)9-6-19-22(37-15-30-33-34-37)8-7-20(28)25(19)29/h2-9,15,21H,10-14H2,1H3,(H,31,41)(H,32,39)(H,42,43)/b9-6+/t21-/m0/s1. The first kappa shape index (κ1) is 30.8. The van der Waals surface area contributed by atoms with Crippen molar-refractivity contribution in [3.63, 3.8) is 0 Å². The number of aromatic nitrogens is 4. The van der Waals surface area contributed by atoms with Crippen LogP contribution in [0.15, 0.2) is 48.8 Å². The van der Waals surface area contributed by atoms with Gasteiger partial charge < -0.3 is 25.5 Å². The predicted molar refractivity (Wildman–Crippen MR) is 151 cm³/mol. The lowest BCUT2D eigenvalue weighted by molar-refractivity contribution is -0.139. The maximum atomic E-state index is 14.9. The van der Waals surface area contributed by atoms with E-state index >= 15 is 0 Å². The van der Waals surface area contributed by atoms with Crippen molar-refractivity contribution in [2.24, 2.45) is 0 Å². The second-order valence-electron chi connectivity index (χ2n) is 9.41. The Morgan fingerprint density at radius 3 is 2.33 bits per heavy atom. The minimum Gasteiger partial charge on any atom is -0.478 e. The molecule has 0 saturated carbocycles. The first-order chi connectivity index (χ1) is 20.5. The van der Waals surface area contributed by atoms with Crippen molar-refractivity contribution in [2.45, 2.75) is 19.4 Å². The molecule has 1 aromatic heterocycles. The second kappa shape index (κ2) is 13.7. The molecule has 4 rings (SSSR count). The smallest absolute Gasteiger partial charge is 0.335 e. The molecular weight excluding hydrogens is 587 g/mol. The van der Waals surface area contributed by atoms with Gasteiger partial charge in [0.25, 0.3) is 0 Å². The van der Waals surface area contributed by atoms with Crippen LogP contribution in [0.4, 0.5) is 10.1 Å². The summed E-state index contributed by atoms with van der Waals surface area (Å²) in [5.41, 5.74) is 0.324. The zero-order chi connectivity index (χ0) is 31.1. The van der Waals surface area contributed by atoms with Crippen LogP contribution in [0.5, 0.6) is 0 Å². The number of benzene rings is 2. The van der Waals surface area contributed by atoms with E-state index in [-0.39, 0.29) is 46.5 Å². The van der Waals surface area contributed by atoms with E-state index in [1.165, 1.54) is 59.2 Å². The minimum absolute atomic E-state index is 0.00200. The Morgan fingerprint density at radius 2 is 1.72 bits per heavy atom. The third kappa shape index (κ3) is 7.77. The molecule has 3 aromatic rings. The summed E-state index contributed by atoms with van der Waals surface area (Å²) in [6, 6.07) is 6.70. The molecular formula is C27H26ClFN8O6. The van der Waals surface area contributed by atoms with Crippen molar-refractivity contribution >= 4 is 53.0 Å². The van der Waals surface area contributed by atoms with Crippen LogP contribution in [0.2, 0.25) is 5.02 Å². The molecule has 2 heterocycles. The molecule has 0 aliphatic carbocycles. The first-order valence-electron chi connectivity index (χ1n) is 12.9. The number of hydrogen-bond acceptors (Lipinski definition) is 8. The molecule has 14 nitrogen and oxygen atoms in total. The normalized spacial score (nSPS) is 13.9. The van der Waals surface area contributed by atoms with E-state index in [1.54, 1.807) is 4.90 Å². The third-order valence-electron chi connectivity index (χ3n) is 6.60. The van der Waals surface area contributed by atoms with Crippen LogP contribution in [0.1, 0.15) is 29.3 Å². The van der Waals surface area contributed by atoms with Gasteiger partial charge in [-0.05, 0) is 52.9 Å². The Kier molecular flexibility index (Phi) is 9.77.